The molecule has 0 saturated carbocycles. The van der Waals surface area contributed by atoms with Crippen LogP contribution in [0.1, 0.15) is 11.1 Å². The molecule has 6 nitrogen and oxygen atoms in total. The molecule has 1 heterocycles. The van der Waals surface area contributed by atoms with Gasteiger partial charge in [0.2, 0.25) is 10.0 Å². The molecule has 0 saturated heterocycles. The van der Waals surface area contributed by atoms with E-state index in [0.29, 0.717) is 34.4 Å². The second kappa shape index (κ2) is 9.50. The first kappa shape index (κ1) is 22.6. The van der Waals surface area contributed by atoms with Crippen molar-refractivity contribution in [2.45, 2.75) is 17.9 Å². The van der Waals surface area contributed by atoms with Crippen LogP contribution >= 0.6 is 23.2 Å². The molecular formula is C23H20Cl2N2O4S. The molecule has 1 N–H and O–H groups in total. The summed E-state index contributed by atoms with van der Waals surface area (Å²) >= 11 is 11.7. The van der Waals surface area contributed by atoms with E-state index in [1.807, 2.05) is 12.1 Å². The number of rotatable bonds is 6. The van der Waals surface area contributed by atoms with Crippen molar-refractivity contribution in [1.29, 1.82) is 0 Å². The third kappa shape index (κ3) is 5.24. The fourth-order valence-corrected chi connectivity index (χ4v) is 5.12. The number of nitrogens with zero attached hydrogens (tertiary/aromatic N) is 1. The topological polar surface area (TPSA) is 75.7 Å². The van der Waals surface area contributed by atoms with Crippen molar-refractivity contribution in [3.63, 3.8) is 0 Å². The zero-order valence-electron chi connectivity index (χ0n) is 16.9. The molecule has 4 rings (SSSR count). The predicted octanol–water partition coefficient (Wildman–Crippen LogP) is 4.76. The van der Waals surface area contributed by atoms with Crippen LogP contribution in [0.15, 0.2) is 71.6 Å². The lowest BCUT2D eigenvalue weighted by Crippen LogP contribution is -2.36. The van der Waals surface area contributed by atoms with Crippen molar-refractivity contribution >= 4 is 44.8 Å². The van der Waals surface area contributed by atoms with E-state index in [0.717, 1.165) is 11.1 Å². The van der Waals surface area contributed by atoms with Crippen molar-refractivity contribution in [2.24, 2.45) is 0 Å². The molecule has 0 radical (unpaired) electrons. The minimum absolute atomic E-state index is 0.157. The van der Waals surface area contributed by atoms with E-state index in [1.54, 1.807) is 42.5 Å². The van der Waals surface area contributed by atoms with Gasteiger partial charge in [-0.25, -0.2) is 8.42 Å². The van der Waals surface area contributed by atoms with Gasteiger partial charge >= 0.3 is 0 Å². The van der Waals surface area contributed by atoms with Crippen molar-refractivity contribution < 1.29 is 17.9 Å². The second-order valence-corrected chi connectivity index (χ2v) is 10.1. The molecule has 32 heavy (non-hydrogen) atoms. The number of anilines is 1. The number of sulfonamides is 1. The predicted molar refractivity (Wildman–Crippen MR) is 125 cm³/mol. The SMILES string of the molecule is O=C(COc1ccc(Cl)cc1)Nc1ccc2c(c1)CN(S(=O)(=O)c1ccc(Cl)cc1)CC2. The van der Waals surface area contributed by atoms with Crippen LogP contribution in [0.2, 0.25) is 10.0 Å². The van der Waals surface area contributed by atoms with Crippen LogP contribution in [0, 0.1) is 0 Å². The number of carbonyl (C=O) groups excluding carboxylic acids is 1. The van der Waals surface area contributed by atoms with Crippen LogP contribution in [0.4, 0.5) is 5.69 Å². The Morgan fingerprint density at radius 1 is 0.938 bits per heavy atom. The number of carbonyl (C=O) groups is 1. The Labute approximate surface area is 196 Å². The van der Waals surface area contributed by atoms with E-state index in [9.17, 15) is 13.2 Å². The minimum atomic E-state index is -3.64. The lowest BCUT2D eigenvalue weighted by Gasteiger charge is -2.28. The highest BCUT2D eigenvalue weighted by atomic mass is 35.5. The van der Waals surface area contributed by atoms with Gasteiger partial charge in [0.05, 0.1) is 4.90 Å². The highest BCUT2D eigenvalue weighted by Gasteiger charge is 2.28. The van der Waals surface area contributed by atoms with E-state index >= 15 is 0 Å². The number of halogens is 2. The molecule has 0 spiro atoms. The number of ether oxygens (including phenoxy) is 1. The van der Waals surface area contributed by atoms with Crippen LogP contribution in [0.5, 0.6) is 5.75 Å². The Kier molecular flexibility index (Phi) is 6.71. The standard InChI is InChI=1S/C23H20Cl2N2O4S/c24-18-2-7-21(8-3-18)31-15-23(28)26-20-6-1-16-11-12-27(14-17(16)13-20)32(29,30)22-9-4-19(25)5-10-22/h1-10,13H,11-12,14-15H2,(H,26,28). The van der Waals surface area contributed by atoms with Gasteiger partial charge in [0.15, 0.2) is 6.61 Å². The first-order valence-electron chi connectivity index (χ1n) is 9.87. The molecular weight excluding hydrogens is 471 g/mol. The average Bonchev–Trinajstić information content (AvgIpc) is 2.78. The number of fused-ring (bicyclic) bond motifs is 1. The molecule has 1 aliphatic rings. The molecule has 0 atom stereocenters. The summed E-state index contributed by atoms with van der Waals surface area (Å²) in [5.74, 6) is 0.222. The monoisotopic (exact) mass is 490 g/mol. The first-order chi connectivity index (χ1) is 15.3. The molecule has 0 aliphatic carbocycles. The Morgan fingerprint density at radius 2 is 1.59 bits per heavy atom. The number of nitrogens with one attached hydrogen (secondary N) is 1. The fraction of sp³-hybridized carbons (Fsp3) is 0.174. The normalized spacial score (nSPS) is 13.9. The zero-order valence-corrected chi connectivity index (χ0v) is 19.3. The highest BCUT2D eigenvalue weighted by molar-refractivity contribution is 7.89. The van der Waals surface area contributed by atoms with Crippen molar-refractivity contribution in [3.05, 3.63) is 87.9 Å². The molecule has 1 aliphatic heterocycles. The smallest absolute Gasteiger partial charge is 0.262 e. The molecule has 0 bridgehead atoms. The van der Waals surface area contributed by atoms with Gasteiger partial charge in [0.1, 0.15) is 5.75 Å². The molecule has 0 fully saturated rings. The third-order valence-electron chi connectivity index (χ3n) is 5.10. The summed E-state index contributed by atoms with van der Waals surface area (Å²) in [5, 5.41) is 3.86. The summed E-state index contributed by atoms with van der Waals surface area (Å²) in [4.78, 5) is 12.5. The van der Waals surface area contributed by atoms with E-state index < -0.39 is 10.0 Å². The van der Waals surface area contributed by atoms with Gasteiger partial charge < -0.3 is 10.1 Å². The number of benzene rings is 3. The van der Waals surface area contributed by atoms with Crippen LogP contribution in [-0.4, -0.2) is 31.8 Å². The largest absolute Gasteiger partial charge is 0.484 e. The van der Waals surface area contributed by atoms with Gasteiger partial charge in [-0.05, 0) is 78.2 Å². The van der Waals surface area contributed by atoms with Gasteiger partial charge in [-0.3, -0.25) is 4.79 Å². The van der Waals surface area contributed by atoms with Gasteiger partial charge in [0, 0.05) is 28.8 Å². The van der Waals surface area contributed by atoms with Crippen LogP contribution < -0.4 is 10.1 Å². The van der Waals surface area contributed by atoms with Crippen molar-refractivity contribution in [2.75, 3.05) is 18.5 Å². The van der Waals surface area contributed by atoms with E-state index in [4.69, 9.17) is 27.9 Å². The molecule has 0 unspecified atom stereocenters. The summed E-state index contributed by atoms with van der Waals surface area (Å²) in [5.41, 5.74) is 2.49. The summed E-state index contributed by atoms with van der Waals surface area (Å²) < 4.78 is 32.9. The molecule has 9 heteroatoms. The van der Waals surface area contributed by atoms with Crippen LogP contribution in [0.25, 0.3) is 0 Å². The number of amides is 1. The van der Waals surface area contributed by atoms with Gasteiger partial charge in [-0.1, -0.05) is 29.3 Å². The quantitative estimate of drug-likeness (QED) is 0.540. The van der Waals surface area contributed by atoms with Gasteiger partial charge in [0.25, 0.3) is 5.91 Å². The van der Waals surface area contributed by atoms with E-state index in [2.05, 4.69) is 5.32 Å². The van der Waals surface area contributed by atoms with Crippen LogP contribution in [0.3, 0.4) is 0 Å². The molecule has 3 aromatic carbocycles. The van der Waals surface area contributed by atoms with Crippen LogP contribution in [-0.2, 0) is 27.8 Å². The average molecular weight is 491 g/mol. The number of hydrogen-bond donors (Lipinski definition) is 1. The second-order valence-electron chi connectivity index (χ2n) is 7.32. The molecule has 0 aromatic heterocycles. The van der Waals surface area contributed by atoms with Gasteiger partial charge in [-0.15, -0.1) is 0 Å². The Hall–Kier alpha value is -2.58. The molecule has 3 aromatic rings. The summed E-state index contributed by atoms with van der Waals surface area (Å²) in [6, 6.07) is 18.4. The first-order valence-corrected chi connectivity index (χ1v) is 12.1. The lowest BCUT2D eigenvalue weighted by molar-refractivity contribution is -0.118. The summed E-state index contributed by atoms with van der Waals surface area (Å²) in [6.07, 6.45) is 0.593. The van der Waals surface area contributed by atoms with Crippen molar-refractivity contribution in [1.82, 2.24) is 4.31 Å². The maximum absolute atomic E-state index is 13.0. The highest BCUT2D eigenvalue weighted by Crippen LogP contribution is 2.27. The van der Waals surface area contributed by atoms with E-state index in [-0.39, 0.29) is 24.0 Å². The molecule has 166 valence electrons. The summed E-state index contributed by atoms with van der Waals surface area (Å²) in [7, 11) is -3.64. The van der Waals surface area contributed by atoms with Gasteiger partial charge in [-0.2, -0.15) is 4.31 Å². The maximum atomic E-state index is 13.0. The number of hydrogen-bond acceptors (Lipinski definition) is 4. The summed E-state index contributed by atoms with van der Waals surface area (Å²) in [6.45, 7) is 0.458. The molecule has 1 amide bonds. The minimum Gasteiger partial charge on any atom is -0.484 e. The lowest BCUT2D eigenvalue weighted by atomic mass is 10.0. The Morgan fingerprint density at radius 3 is 2.28 bits per heavy atom. The zero-order chi connectivity index (χ0) is 22.7. The van der Waals surface area contributed by atoms with Crippen molar-refractivity contribution in [3.8, 4) is 5.75 Å². The maximum Gasteiger partial charge on any atom is 0.262 e. The van der Waals surface area contributed by atoms with E-state index in [1.165, 1.54) is 16.4 Å². The third-order valence-corrected chi connectivity index (χ3v) is 7.47. The fourth-order valence-electron chi connectivity index (χ4n) is 3.45. The Bertz CT molecular complexity index is 1230. The Balaban J connectivity index is 1.42.